The van der Waals surface area contributed by atoms with Gasteiger partial charge in [-0.25, -0.2) is 14.0 Å². The van der Waals surface area contributed by atoms with Crippen LogP contribution in [0.1, 0.15) is 13.3 Å². The topological polar surface area (TPSA) is 69.6 Å². The number of carbonyl (C=O) groups excluding carboxylic acids is 1. The van der Waals surface area contributed by atoms with Crippen molar-refractivity contribution in [1.29, 1.82) is 0 Å². The molecule has 1 unspecified atom stereocenters. The maximum Gasteiger partial charge on any atom is 0.326 e. The third-order valence-electron chi connectivity index (χ3n) is 2.63. The normalized spacial score (nSPS) is 11.8. The number of amides is 2. The molecule has 1 rings (SSSR count). The lowest BCUT2D eigenvalue weighted by molar-refractivity contribution is -0.141. The summed E-state index contributed by atoms with van der Waals surface area (Å²) in [4.78, 5) is 23.9. The lowest BCUT2D eigenvalue weighted by Gasteiger charge is -2.24. The second-order valence-corrected chi connectivity index (χ2v) is 4.78. The fraction of sp³-hybridized carbons (Fsp3) is 0.333. The van der Waals surface area contributed by atoms with Gasteiger partial charge in [-0.1, -0.05) is 6.92 Å². The second kappa shape index (κ2) is 6.51. The number of nitrogens with zero attached hydrogens (tertiary/aromatic N) is 1. The van der Waals surface area contributed by atoms with Crippen LogP contribution in [-0.2, 0) is 4.79 Å². The zero-order valence-electron chi connectivity index (χ0n) is 10.5. The van der Waals surface area contributed by atoms with Crippen molar-refractivity contribution in [1.82, 2.24) is 4.90 Å². The molecule has 2 amide bonds. The molecule has 7 heteroatoms. The first-order chi connectivity index (χ1) is 8.86. The van der Waals surface area contributed by atoms with Gasteiger partial charge in [-0.3, -0.25) is 0 Å². The lowest BCUT2D eigenvalue weighted by Crippen LogP contribution is -2.44. The summed E-state index contributed by atoms with van der Waals surface area (Å²) in [6, 6.07) is 2.32. The number of urea groups is 1. The number of carboxylic acid groups (broad SMARTS) is 1. The fourth-order valence-electron chi connectivity index (χ4n) is 1.55. The number of hydrogen-bond acceptors (Lipinski definition) is 2. The Morgan fingerprint density at radius 2 is 2.16 bits per heavy atom. The predicted octanol–water partition coefficient (Wildman–Crippen LogP) is 2.92. The molecule has 0 radical (unpaired) electrons. The molecular weight excluding hydrogens is 319 g/mol. The van der Waals surface area contributed by atoms with Crippen molar-refractivity contribution in [3.05, 3.63) is 28.5 Å². The van der Waals surface area contributed by atoms with Crippen LogP contribution in [0, 0.1) is 5.82 Å². The first-order valence-electron chi connectivity index (χ1n) is 5.58. The average Bonchev–Trinajstić information content (AvgIpc) is 2.34. The van der Waals surface area contributed by atoms with Crippen LogP contribution < -0.4 is 5.32 Å². The molecule has 19 heavy (non-hydrogen) atoms. The SMILES string of the molecule is CCC(C(=O)O)N(C)C(=O)Nc1cc(F)ccc1Br. The molecule has 2 N–H and O–H groups in total. The molecular formula is C12H14BrFN2O3. The smallest absolute Gasteiger partial charge is 0.326 e. The van der Waals surface area contributed by atoms with Gasteiger partial charge >= 0.3 is 12.0 Å². The summed E-state index contributed by atoms with van der Waals surface area (Å²) in [6.45, 7) is 1.67. The Kier molecular flexibility index (Phi) is 5.29. The van der Waals surface area contributed by atoms with Gasteiger partial charge in [0.15, 0.2) is 0 Å². The van der Waals surface area contributed by atoms with Crippen LogP contribution in [0.3, 0.4) is 0 Å². The molecule has 0 fully saturated rings. The predicted molar refractivity (Wildman–Crippen MR) is 72.6 cm³/mol. The second-order valence-electron chi connectivity index (χ2n) is 3.93. The summed E-state index contributed by atoms with van der Waals surface area (Å²) in [5.74, 6) is -1.58. The van der Waals surface area contributed by atoms with Crippen LogP contribution in [0.15, 0.2) is 22.7 Å². The molecule has 0 heterocycles. The molecule has 5 nitrogen and oxygen atoms in total. The van der Waals surface area contributed by atoms with Crippen molar-refractivity contribution in [2.75, 3.05) is 12.4 Å². The molecule has 0 aromatic heterocycles. The van der Waals surface area contributed by atoms with Crippen LogP contribution in [0.5, 0.6) is 0 Å². The third-order valence-corrected chi connectivity index (χ3v) is 3.32. The van der Waals surface area contributed by atoms with Crippen LogP contribution in [0.4, 0.5) is 14.9 Å². The number of halogens is 2. The van der Waals surface area contributed by atoms with Crippen molar-refractivity contribution in [2.45, 2.75) is 19.4 Å². The Hall–Kier alpha value is -1.63. The number of anilines is 1. The van der Waals surface area contributed by atoms with Gasteiger partial charge < -0.3 is 15.3 Å². The number of rotatable bonds is 4. The van der Waals surface area contributed by atoms with E-state index in [0.717, 1.165) is 11.0 Å². The number of hydrogen-bond donors (Lipinski definition) is 2. The summed E-state index contributed by atoms with van der Waals surface area (Å²) in [7, 11) is 1.38. The van der Waals surface area contributed by atoms with Crippen molar-refractivity contribution in [3.63, 3.8) is 0 Å². The van der Waals surface area contributed by atoms with Gasteiger partial charge in [0.1, 0.15) is 11.9 Å². The molecule has 0 aliphatic rings. The van der Waals surface area contributed by atoms with E-state index in [2.05, 4.69) is 21.2 Å². The molecule has 0 aliphatic carbocycles. The van der Waals surface area contributed by atoms with Crippen molar-refractivity contribution in [2.24, 2.45) is 0 Å². The number of nitrogens with one attached hydrogen (secondary N) is 1. The molecule has 1 aromatic rings. The largest absolute Gasteiger partial charge is 0.480 e. The molecule has 0 saturated heterocycles. The highest BCUT2D eigenvalue weighted by atomic mass is 79.9. The fourth-order valence-corrected chi connectivity index (χ4v) is 1.90. The highest BCUT2D eigenvalue weighted by molar-refractivity contribution is 9.10. The van der Waals surface area contributed by atoms with E-state index in [1.165, 1.54) is 19.2 Å². The summed E-state index contributed by atoms with van der Waals surface area (Å²) < 4.78 is 13.6. The summed E-state index contributed by atoms with van der Waals surface area (Å²) in [5.41, 5.74) is 0.247. The van der Waals surface area contributed by atoms with E-state index < -0.39 is 23.9 Å². The number of aliphatic carboxylic acids is 1. The van der Waals surface area contributed by atoms with Gasteiger partial charge in [0.2, 0.25) is 0 Å². The van der Waals surface area contributed by atoms with Crippen molar-refractivity contribution >= 4 is 33.6 Å². The quantitative estimate of drug-likeness (QED) is 0.890. The number of carboxylic acids is 1. The van der Waals surface area contributed by atoms with E-state index in [-0.39, 0.29) is 12.1 Å². The standard InChI is InChI=1S/C12H14BrFN2O3/c1-3-10(11(17)18)16(2)12(19)15-9-6-7(14)4-5-8(9)13/h4-6,10H,3H2,1-2H3,(H,15,19)(H,17,18). The number of benzene rings is 1. The molecule has 0 saturated carbocycles. The van der Waals surface area contributed by atoms with Crippen molar-refractivity contribution < 1.29 is 19.1 Å². The zero-order chi connectivity index (χ0) is 14.6. The number of likely N-dealkylation sites (N-methyl/N-ethyl adjacent to an activating group) is 1. The molecule has 0 aliphatic heterocycles. The third kappa shape index (κ3) is 3.92. The summed E-state index contributed by atoms with van der Waals surface area (Å²) >= 11 is 3.17. The van der Waals surface area contributed by atoms with Crippen LogP contribution in [0.2, 0.25) is 0 Å². The Bertz CT molecular complexity index is 496. The highest BCUT2D eigenvalue weighted by Crippen LogP contribution is 2.23. The first-order valence-corrected chi connectivity index (χ1v) is 6.37. The molecule has 104 valence electrons. The van der Waals surface area contributed by atoms with Crippen LogP contribution in [-0.4, -0.2) is 35.1 Å². The first kappa shape index (κ1) is 15.4. The van der Waals surface area contributed by atoms with E-state index >= 15 is 0 Å². The maximum absolute atomic E-state index is 13.1. The van der Waals surface area contributed by atoms with E-state index in [0.29, 0.717) is 4.47 Å². The molecule has 0 bridgehead atoms. The van der Waals surface area contributed by atoms with Gasteiger partial charge in [-0.05, 0) is 40.5 Å². The Morgan fingerprint density at radius 1 is 1.53 bits per heavy atom. The Morgan fingerprint density at radius 3 is 2.68 bits per heavy atom. The lowest BCUT2D eigenvalue weighted by atomic mass is 10.2. The Labute approximate surface area is 118 Å². The van der Waals surface area contributed by atoms with Crippen molar-refractivity contribution in [3.8, 4) is 0 Å². The highest BCUT2D eigenvalue weighted by Gasteiger charge is 2.25. The van der Waals surface area contributed by atoms with E-state index in [9.17, 15) is 14.0 Å². The van der Waals surface area contributed by atoms with E-state index in [1.54, 1.807) is 6.92 Å². The van der Waals surface area contributed by atoms with E-state index in [1.807, 2.05) is 0 Å². The van der Waals surface area contributed by atoms with Gasteiger partial charge in [-0.2, -0.15) is 0 Å². The van der Waals surface area contributed by atoms with Crippen LogP contribution >= 0.6 is 15.9 Å². The Balaban J connectivity index is 2.84. The minimum absolute atomic E-state index is 0.247. The number of carbonyl (C=O) groups is 2. The van der Waals surface area contributed by atoms with Gasteiger partial charge in [-0.15, -0.1) is 0 Å². The van der Waals surface area contributed by atoms with Gasteiger partial charge in [0.25, 0.3) is 0 Å². The minimum Gasteiger partial charge on any atom is -0.480 e. The van der Waals surface area contributed by atoms with Crippen LogP contribution in [0.25, 0.3) is 0 Å². The van der Waals surface area contributed by atoms with E-state index in [4.69, 9.17) is 5.11 Å². The average molecular weight is 333 g/mol. The summed E-state index contributed by atoms with van der Waals surface area (Å²) in [6.07, 6.45) is 0.281. The molecule has 0 spiro atoms. The van der Waals surface area contributed by atoms with Gasteiger partial charge in [0.05, 0.1) is 5.69 Å². The van der Waals surface area contributed by atoms with Gasteiger partial charge in [0, 0.05) is 11.5 Å². The molecule has 1 atom stereocenters. The maximum atomic E-state index is 13.1. The summed E-state index contributed by atoms with van der Waals surface area (Å²) in [5, 5.41) is 11.4. The molecule has 1 aromatic carbocycles. The zero-order valence-corrected chi connectivity index (χ0v) is 12.1. The monoisotopic (exact) mass is 332 g/mol. The minimum atomic E-state index is -1.08.